The van der Waals surface area contributed by atoms with Crippen molar-refractivity contribution in [1.82, 2.24) is 19.6 Å². The van der Waals surface area contributed by atoms with Crippen LogP contribution >= 0.6 is 0 Å². The van der Waals surface area contributed by atoms with Gasteiger partial charge in [0, 0.05) is 42.0 Å². The lowest BCUT2D eigenvalue weighted by Gasteiger charge is -2.36. The molecular formula is C28H30N6O3. The van der Waals surface area contributed by atoms with E-state index in [-0.39, 0.29) is 17.7 Å². The van der Waals surface area contributed by atoms with Crippen molar-refractivity contribution in [2.45, 2.75) is 68.9 Å². The summed E-state index contributed by atoms with van der Waals surface area (Å²) in [5, 5.41) is 36.9. The molecule has 1 aromatic carbocycles. The number of aromatic nitrogens is 5. The van der Waals surface area contributed by atoms with E-state index in [1.54, 1.807) is 29.1 Å². The van der Waals surface area contributed by atoms with Crippen molar-refractivity contribution >= 4 is 22.5 Å². The molecule has 0 unspecified atom stereocenters. The zero-order chi connectivity index (χ0) is 25.1. The minimum absolute atomic E-state index is 0.0805. The summed E-state index contributed by atoms with van der Waals surface area (Å²) in [4.78, 5) is 13.3. The second-order valence-electron chi connectivity index (χ2n) is 11.0. The van der Waals surface area contributed by atoms with Crippen molar-refractivity contribution in [2.24, 2.45) is 5.92 Å². The van der Waals surface area contributed by atoms with E-state index in [1.807, 2.05) is 35.3 Å². The third kappa shape index (κ3) is 4.07. The molecule has 2 N–H and O–H groups in total. The Labute approximate surface area is 214 Å². The number of rotatable bonds is 6. The Morgan fingerprint density at radius 3 is 2.62 bits per heavy atom. The van der Waals surface area contributed by atoms with E-state index in [1.165, 1.54) is 0 Å². The minimum Gasteiger partial charge on any atom is -0.618 e. The minimum atomic E-state index is -0.497. The number of benzene rings is 1. The summed E-state index contributed by atoms with van der Waals surface area (Å²) in [6, 6.07) is 11.0. The topological polar surface area (TPSA) is 112 Å². The summed E-state index contributed by atoms with van der Waals surface area (Å²) in [7, 11) is 0. The number of anilines is 1. The molecule has 1 amide bonds. The summed E-state index contributed by atoms with van der Waals surface area (Å²) < 4.78 is 4.47. The van der Waals surface area contributed by atoms with Crippen molar-refractivity contribution in [3.05, 3.63) is 71.6 Å². The maximum absolute atomic E-state index is 13.3. The van der Waals surface area contributed by atoms with Crippen LogP contribution in [0.15, 0.2) is 55.0 Å². The Morgan fingerprint density at radius 1 is 1.11 bits per heavy atom. The molecule has 7 rings (SSSR count). The molecule has 190 valence electrons. The number of hydrogen-bond acceptors (Lipinski definition) is 5. The van der Waals surface area contributed by atoms with Crippen LogP contribution in [0.5, 0.6) is 0 Å². The molecule has 3 heterocycles. The fourth-order valence-corrected chi connectivity index (χ4v) is 5.91. The maximum atomic E-state index is 13.3. The van der Waals surface area contributed by atoms with Crippen molar-refractivity contribution < 1.29 is 14.6 Å². The molecule has 9 nitrogen and oxygen atoms in total. The van der Waals surface area contributed by atoms with Gasteiger partial charge >= 0.3 is 5.91 Å². The zero-order valence-electron chi connectivity index (χ0n) is 20.6. The van der Waals surface area contributed by atoms with Crippen LogP contribution < -0.4 is 10.0 Å². The lowest BCUT2D eigenvalue weighted by molar-refractivity contribution is -0.616. The van der Waals surface area contributed by atoms with E-state index < -0.39 is 11.5 Å². The third-order valence-corrected chi connectivity index (χ3v) is 8.37. The quantitative estimate of drug-likeness (QED) is 0.305. The van der Waals surface area contributed by atoms with Gasteiger partial charge in [-0.15, -0.1) is 0 Å². The number of fused-ring (bicyclic) bond motifs is 1. The highest BCUT2D eigenvalue weighted by molar-refractivity contribution is 6.04. The number of hydrogen-bond donors (Lipinski definition) is 2. The van der Waals surface area contributed by atoms with Crippen LogP contribution in [0.3, 0.4) is 0 Å². The number of carbonyl (C=O) groups excluding carboxylic acids is 1. The number of nitrogens with one attached hydrogen (secondary N) is 1. The van der Waals surface area contributed by atoms with Crippen LogP contribution in [0.4, 0.5) is 5.69 Å². The predicted octanol–water partition coefficient (Wildman–Crippen LogP) is 4.24. The smallest absolute Gasteiger partial charge is 0.321 e. The van der Waals surface area contributed by atoms with Gasteiger partial charge in [0.15, 0.2) is 5.69 Å². The number of nitrogens with zero attached hydrogens (tertiary/aromatic N) is 5. The fourth-order valence-electron chi connectivity index (χ4n) is 5.91. The molecule has 0 radical (unpaired) electrons. The number of carbonyl (C=O) groups is 1. The monoisotopic (exact) mass is 498 g/mol. The molecule has 37 heavy (non-hydrogen) atoms. The van der Waals surface area contributed by atoms with Crippen molar-refractivity contribution in [2.75, 3.05) is 5.32 Å². The van der Waals surface area contributed by atoms with E-state index >= 15 is 0 Å². The molecule has 0 atom stereocenters. The Bertz CT molecular complexity index is 1480. The van der Waals surface area contributed by atoms with Crippen LogP contribution in [0, 0.1) is 11.1 Å². The molecule has 3 aliphatic carbocycles. The van der Waals surface area contributed by atoms with Crippen molar-refractivity contribution in [3.8, 4) is 5.69 Å². The van der Waals surface area contributed by atoms with E-state index in [9.17, 15) is 15.1 Å². The summed E-state index contributed by atoms with van der Waals surface area (Å²) in [5.74, 6) is 0.266. The van der Waals surface area contributed by atoms with Crippen LogP contribution in [-0.2, 0) is 0 Å². The summed E-state index contributed by atoms with van der Waals surface area (Å²) >= 11 is 0. The second kappa shape index (κ2) is 8.41. The van der Waals surface area contributed by atoms with Crippen LogP contribution in [0.2, 0.25) is 0 Å². The highest BCUT2D eigenvalue weighted by Crippen LogP contribution is 2.49. The number of pyridine rings is 1. The van der Waals surface area contributed by atoms with Gasteiger partial charge in [0.1, 0.15) is 0 Å². The van der Waals surface area contributed by atoms with Gasteiger partial charge in [0.25, 0.3) is 5.69 Å². The molecule has 0 spiro atoms. The molecule has 4 aromatic rings. The molecule has 9 heteroatoms. The molecule has 3 fully saturated rings. The van der Waals surface area contributed by atoms with E-state index in [2.05, 4.69) is 10.4 Å². The van der Waals surface area contributed by atoms with E-state index in [0.29, 0.717) is 23.0 Å². The molecule has 3 aliphatic rings. The van der Waals surface area contributed by atoms with Gasteiger partial charge in [-0.2, -0.15) is 14.9 Å². The van der Waals surface area contributed by atoms with Gasteiger partial charge in [-0.3, -0.25) is 9.48 Å². The van der Waals surface area contributed by atoms with Gasteiger partial charge in [0.05, 0.1) is 28.5 Å². The predicted molar refractivity (Wildman–Crippen MR) is 137 cm³/mol. The standard InChI is InChI=1S/C28H30N6O3/c35-27(25-4-1-3-24(34(25)37)18-5-6-18)30-23-15-19-17-33(21-9-11-28(36,12-10-21)20-7-8-20)31-22(19)16-26(23)32-14-2-13-29-32/h1-4,13-18,20-21,36H,5-12H2,(H,30,35). The van der Waals surface area contributed by atoms with Gasteiger partial charge in [-0.05, 0) is 81.5 Å². The average Bonchev–Trinajstić information content (AvgIpc) is 3.83. The van der Waals surface area contributed by atoms with Gasteiger partial charge in [-0.1, -0.05) is 0 Å². The van der Waals surface area contributed by atoms with Crippen LogP contribution in [0.25, 0.3) is 16.6 Å². The molecular weight excluding hydrogens is 468 g/mol. The molecule has 3 saturated carbocycles. The Kier molecular flexibility index (Phi) is 5.11. The Hall–Kier alpha value is -3.72. The number of amides is 1. The van der Waals surface area contributed by atoms with E-state index in [0.717, 1.165) is 67.0 Å². The molecule has 0 aliphatic heterocycles. The first kappa shape index (κ1) is 22.5. The van der Waals surface area contributed by atoms with Crippen molar-refractivity contribution in [3.63, 3.8) is 0 Å². The molecule has 0 bridgehead atoms. The van der Waals surface area contributed by atoms with Crippen LogP contribution in [-0.4, -0.2) is 36.2 Å². The lowest BCUT2D eigenvalue weighted by Crippen LogP contribution is -2.40. The summed E-state index contributed by atoms with van der Waals surface area (Å²) in [6.45, 7) is 0. The Morgan fingerprint density at radius 2 is 1.92 bits per heavy atom. The van der Waals surface area contributed by atoms with Gasteiger partial charge < -0.3 is 15.6 Å². The number of aliphatic hydroxyl groups is 1. The maximum Gasteiger partial charge on any atom is 0.321 e. The fraction of sp³-hybridized carbons (Fsp3) is 0.429. The van der Waals surface area contributed by atoms with Crippen LogP contribution in [0.1, 0.15) is 79.5 Å². The van der Waals surface area contributed by atoms with Crippen molar-refractivity contribution in [1.29, 1.82) is 0 Å². The first-order valence-corrected chi connectivity index (χ1v) is 13.3. The van der Waals surface area contributed by atoms with E-state index in [4.69, 9.17) is 5.10 Å². The van der Waals surface area contributed by atoms with Gasteiger partial charge in [-0.25, -0.2) is 4.68 Å². The first-order chi connectivity index (χ1) is 18.0. The molecule has 0 saturated heterocycles. The Balaban J connectivity index is 1.20. The molecule has 3 aromatic heterocycles. The normalized spacial score (nSPS) is 23.9. The summed E-state index contributed by atoms with van der Waals surface area (Å²) in [5.41, 5.74) is 2.28. The highest BCUT2D eigenvalue weighted by Gasteiger charge is 2.46. The first-order valence-electron chi connectivity index (χ1n) is 13.3. The third-order valence-electron chi connectivity index (χ3n) is 8.37. The zero-order valence-corrected chi connectivity index (χ0v) is 20.6. The SMILES string of the molecule is O=C(Nc1cc2cn(C3CCC(O)(C4CC4)CC3)nc2cc1-n1cccn1)c1cccc(C2CC2)[n+]1[O-]. The summed E-state index contributed by atoms with van der Waals surface area (Å²) in [6.07, 6.45) is 13.2. The van der Waals surface area contributed by atoms with Gasteiger partial charge in [0.2, 0.25) is 0 Å². The largest absolute Gasteiger partial charge is 0.618 e. The highest BCUT2D eigenvalue weighted by atomic mass is 16.5. The average molecular weight is 499 g/mol. The second-order valence-corrected chi connectivity index (χ2v) is 11.0. The lowest BCUT2D eigenvalue weighted by atomic mass is 9.79.